The number of carboxylic acids is 1. The van der Waals surface area contributed by atoms with Gasteiger partial charge in [-0.05, 0) is 75.0 Å². The molecule has 0 unspecified atom stereocenters. The van der Waals surface area contributed by atoms with Crippen molar-refractivity contribution >= 4 is 17.0 Å². The summed E-state index contributed by atoms with van der Waals surface area (Å²) in [7, 11) is 4.07. The Balaban J connectivity index is 1.25. The summed E-state index contributed by atoms with van der Waals surface area (Å²) in [4.78, 5) is 23.1. The number of benzene rings is 3. The van der Waals surface area contributed by atoms with Crippen molar-refractivity contribution in [3.8, 4) is 23.2 Å². The number of carboxylic acid groups (broad SMARTS) is 1. The van der Waals surface area contributed by atoms with Gasteiger partial charge in [0, 0.05) is 35.7 Å². The fourth-order valence-electron chi connectivity index (χ4n) is 5.36. The zero-order valence-corrected chi connectivity index (χ0v) is 24.2. The number of rotatable bonds is 10. The summed E-state index contributed by atoms with van der Waals surface area (Å²) in [5, 5.41) is 18.5. The van der Waals surface area contributed by atoms with Crippen LogP contribution < -0.4 is 4.74 Å². The monoisotopic (exact) mass is 593 g/mol. The molecule has 2 heterocycles. The van der Waals surface area contributed by atoms with Gasteiger partial charge < -0.3 is 19.3 Å². The van der Waals surface area contributed by atoms with Crippen molar-refractivity contribution in [3.63, 3.8) is 0 Å². The number of aromatic carboxylic acids is 1. The van der Waals surface area contributed by atoms with Gasteiger partial charge >= 0.3 is 5.97 Å². The third kappa shape index (κ3) is 5.74. The molecule has 6 rings (SSSR count). The lowest BCUT2D eigenvalue weighted by Crippen LogP contribution is -2.35. The van der Waals surface area contributed by atoms with Gasteiger partial charge in [-0.15, -0.1) is 0 Å². The highest BCUT2D eigenvalue weighted by Crippen LogP contribution is 2.42. The molecule has 0 saturated heterocycles. The van der Waals surface area contributed by atoms with Crippen LogP contribution in [0.25, 0.3) is 22.3 Å². The number of hydrogen-bond donors (Lipinski definition) is 1. The van der Waals surface area contributed by atoms with Crippen molar-refractivity contribution in [1.29, 1.82) is 5.26 Å². The maximum absolute atomic E-state index is 15.6. The van der Waals surface area contributed by atoms with Gasteiger partial charge in [-0.1, -0.05) is 24.3 Å². The molecule has 1 saturated carbocycles. The van der Waals surface area contributed by atoms with Crippen molar-refractivity contribution in [2.24, 2.45) is 0 Å². The molecule has 0 spiro atoms. The molecule has 5 aromatic rings. The molecule has 8 nitrogen and oxygen atoms in total. The van der Waals surface area contributed by atoms with Crippen LogP contribution in [0.2, 0.25) is 0 Å². The molecule has 0 radical (unpaired) electrons. The van der Waals surface area contributed by atoms with E-state index in [0.717, 1.165) is 18.9 Å². The molecule has 1 fully saturated rings. The van der Waals surface area contributed by atoms with E-state index in [1.54, 1.807) is 42.5 Å². The molecule has 44 heavy (non-hydrogen) atoms. The molecule has 1 aliphatic carbocycles. The summed E-state index contributed by atoms with van der Waals surface area (Å²) in [6.07, 6.45) is 2.25. The van der Waals surface area contributed by atoms with Crippen LogP contribution in [-0.2, 0) is 19.6 Å². The van der Waals surface area contributed by atoms with Crippen molar-refractivity contribution in [2.45, 2.75) is 38.0 Å². The van der Waals surface area contributed by atoms with Gasteiger partial charge in [0.25, 0.3) is 0 Å². The van der Waals surface area contributed by atoms with Gasteiger partial charge in [0.1, 0.15) is 24.1 Å². The molecule has 10 heteroatoms. The number of ether oxygens (including phenoxy) is 1. The topological polar surface area (TPSA) is 104 Å². The molecule has 0 atom stereocenters. The average molecular weight is 594 g/mol. The van der Waals surface area contributed by atoms with Crippen molar-refractivity contribution in [1.82, 2.24) is 19.4 Å². The molecule has 3 aromatic carbocycles. The van der Waals surface area contributed by atoms with Gasteiger partial charge in [-0.3, -0.25) is 0 Å². The lowest BCUT2D eigenvalue weighted by atomic mass is 10.1. The van der Waals surface area contributed by atoms with Crippen molar-refractivity contribution < 1.29 is 23.4 Å². The molecule has 0 amide bonds. The molecule has 0 aliphatic heterocycles. The Kier molecular flexibility index (Phi) is 7.57. The third-order valence-corrected chi connectivity index (χ3v) is 8.28. The lowest BCUT2D eigenvalue weighted by Gasteiger charge is -2.25. The summed E-state index contributed by atoms with van der Waals surface area (Å²) < 4.78 is 37.6. The van der Waals surface area contributed by atoms with Crippen LogP contribution in [0.1, 0.15) is 45.7 Å². The number of nitriles is 1. The molecule has 1 N–H and O–H groups in total. The zero-order valence-electron chi connectivity index (χ0n) is 24.2. The third-order valence-electron chi connectivity index (χ3n) is 8.28. The Morgan fingerprint density at radius 1 is 1.02 bits per heavy atom. The second-order valence-electron chi connectivity index (χ2n) is 11.3. The van der Waals surface area contributed by atoms with E-state index in [0.29, 0.717) is 40.2 Å². The first-order valence-electron chi connectivity index (χ1n) is 14.1. The predicted octanol–water partition coefficient (Wildman–Crippen LogP) is 6.21. The standard InChI is InChI=1S/C34H29F2N5O3/c1-40(2)34(12-13-34)20-41-30-16-24(33(42)43)10-11-29(30)38-31(41)17-22-8-9-23(15-27(22)36)28-4-3-5-32(39-28)44-19-25-7-6-21(18-37)14-26(25)35/h3-11,14-16H,12-13,17,19-20H2,1-2H3,(H,42,43). The van der Waals surface area contributed by atoms with E-state index in [1.165, 1.54) is 24.3 Å². The molecular formula is C34H29F2N5O3. The van der Waals surface area contributed by atoms with Crippen LogP contribution in [0.3, 0.4) is 0 Å². The van der Waals surface area contributed by atoms with Gasteiger partial charge in [-0.25, -0.2) is 23.5 Å². The number of imidazole rings is 1. The summed E-state index contributed by atoms with van der Waals surface area (Å²) in [5.41, 5.74) is 3.50. The first-order chi connectivity index (χ1) is 21.2. The van der Waals surface area contributed by atoms with Crippen LogP contribution >= 0.6 is 0 Å². The smallest absolute Gasteiger partial charge is 0.335 e. The average Bonchev–Trinajstić information content (AvgIpc) is 3.74. The minimum absolute atomic E-state index is 0.0470. The van der Waals surface area contributed by atoms with E-state index >= 15 is 4.39 Å². The Bertz CT molecular complexity index is 1940. The van der Waals surface area contributed by atoms with Crippen LogP contribution in [0, 0.1) is 23.0 Å². The second-order valence-corrected chi connectivity index (χ2v) is 11.3. The molecular weight excluding hydrogens is 564 g/mol. The van der Waals surface area contributed by atoms with Crippen LogP contribution in [0.4, 0.5) is 8.78 Å². The normalized spacial score (nSPS) is 13.6. The van der Waals surface area contributed by atoms with E-state index in [9.17, 15) is 14.3 Å². The highest BCUT2D eigenvalue weighted by molar-refractivity contribution is 5.92. The highest BCUT2D eigenvalue weighted by Gasteiger charge is 2.45. The quantitative estimate of drug-likeness (QED) is 0.205. The molecule has 222 valence electrons. The lowest BCUT2D eigenvalue weighted by molar-refractivity contribution is 0.0697. The summed E-state index contributed by atoms with van der Waals surface area (Å²) in [5.74, 6) is -1.07. The van der Waals surface area contributed by atoms with E-state index in [-0.39, 0.29) is 41.1 Å². The molecule has 2 aromatic heterocycles. The minimum Gasteiger partial charge on any atom is -0.478 e. The Morgan fingerprint density at radius 3 is 2.48 bits per heavy atom. The number of hydrogen-bond acceptors (Lipinski definition) is 6. The second kappa shape index (κ2) is 11.5. The SMILES string of the molecule is CN(C)C1(Cn2c(Cc3ccc(-c4cccc(OCc5ccc(C#N)cc5F)n4)cc3F)nc3ccc(C(=O)O)cc32)CC1. The fraction of sp³-hybridized carbons (Fsp3) is 0.235. The minimum atomic E-state index is -1.01. The molecule has 0 bridgehead atoms. The van der Waals surface area contributed by atoms with E-state index in [1.807, 2.05) is 24.7 Å². The first kappa shape index (κ1) is 29.0. The largest absolute Gasteiger partial charge is 0.478 e. The number of fused-ring (bicyclic) bond motifs is 1. The number of aromatic nitrogens is 3. The van der Waals surface area contributed by atoms with Crippen molar-refractivity contribution in [3.05, 3.63) is 113 Å². The fourth-order valence-corrected chi connectivity index (χ4v) is 5.36. The Morgan fingerprint density at radius 2 is 1.80 bits per heavy atom. The van der Waals surface area contributed by atoms with Gasteiger partial charge in [-0.2, -0.15) is 5.26 Å². The number of halogens is 2. The first-order valence-corrected chi connectivity index (χ1v) is 14.1. The van der Waals surface area contributed by atoms with Gasteiger partial charge in [0.05, 0.1) is 33.9 Å². The summed E-state index contributed by atoms with van der Waals surface area (Å²) in [6, 6.07) is 20.9. The van der Waals surface area contributed by atoms with E-state index in [2.05, 4.69) is 9.88 Å². The maximum atomic E-state index is 15.6. The summed E-state index contributed by atoms with van der Waals surface area (Å²) >= 11 is 0. The van der Waals surface area contributed by atoms with E-state index < -0.39 is 17.6 Å². The van der Waals surface area contributed by atoms with Crippen LogP contribution in [-0.4, -0.2) is 50.1 Å². The number of pyridine rings is 1. The highest BCUT2D eigenvalue weighted by atomic mass is 19.1. The van der Waals surface area contributed by atoms with Crippen LogP contribution in [0.5, 0.6) is 5.88 Å². The Labute approximate surface area is 252 Å². The summed E-state index contributed by atoms with van der Waals surface area (Å²) in [6.45, 7) is 0.545. The zero-order chi connectivity index (χ0) is 31.0. The number of nitrogens with zero attached hydrogens (tertiary/aromatic N) is 5. The molecule has 1 aliphatic rings. The number of likely N-dealkylation sites (N-methyl/N-ethyl adjacent to an activating group) is 1. The number of carbonyl (C=O) groups is 1. The Hall–Kier alpha value is -5.14. The van der Waals surface area contributed by atoms with Crippen molar-refractivity contribution in [2.75, 3.05) is 14.1 Å². The maximum Gasteiger partial charge on any atom is 0.335 e. The predicted molar refractivity (Wildman–Crippen MR) is 160 cm³/mol. The van der Waals surface area contributed by atoms with Gasteiger partial charge in [0.15, 0.2) is 0 Å². The van der Waals surface area contributed by atoms with E-state index in [4.69, 9.17) is 15.0 Å². The van der Waals surface area contributed by atoms with Crippen LogP contribution in [0.15, 0.2) is 72.8 Å². The van der Waals surface area contributed by atoms with Gasteiger partial charge in [0.2, 0.25) is 5.88 Å².